The molecule has 1 aromatic carbocycles. The molecule has 1 unspecified atom stereocenters. The van der Waals surface area contributed by atoms with E-state index in [0.29, 0.717) is 13.1 Å². The first-order chi connectivity index (χ1) is 13.6. The van der Waals surface area contributed by atoms with Gasteiger partial charge in [0.15, 0.2) is 0 Å². The molecule has 0 radical (unpaired) electrons. The van der Waals surface area contributed by atoms with Gasteiger partial charge in [-0.2, -0.15) is 0 Å². The number of hydrogen-bond acceptors (Lipinski definition) is 4. The Morgan fingerprint density at radius 2 is 2.00 bits per heavy atom. The largest absolute Gasteiger partial charge is 0.337 e. The molecule has 2 aliphatic heterocycles. The van der Waals surface area contributed by atoms with E-state index in [0.717, 1.165) is 38.9 Å². The van der Waals surface area contributed by atoms with Crippen LogP contribution < -0.4 is 5.32 Å². The molecule has 0 aliphatic carbocycles. The number of carbonyl (C=O) groups excluding carboxylic acids is 3. The zero-order chi connectivity index (χ0) is 19.9. The number of benzene rings is 1. The summed E-state index contributed by atoms with van der Waals surface area (Å²) in [5.41, 5.74) is 1.28. The minimum atomic E-state index is -0.463. The molecule has 4 amide bonds. The van der Waals surface area contributed by atoms with Crippen molar-refractivity contribution in [1.29, 1.82) is 0 Å². The fraction of sp³-hybridized carbons (Fsp3) is 0.571. The van der Waals surface area contributed by atoms with Gasteiger partial charge in [-0.1, -0.05) is 37.3 Å². The maximum absolute atomic E-state index is 13.0. The van der Waals surface area contributed by atoms with Gasteiger partial charge in [0.25, 0.3) is 0 Å². The van der Waals surface area contributed by atoms with Crippen LogP contribution in [-0.4, -0.2) is 71.3 Å². The molecular weight excluding hydrogens is 356 g/mol. The van der Waals surface area contributed by atoms with E-state index in [9.17, 15) is 14.4 Å². The van der Waals surface area contributed by atoms with E-state index in [1.807, 2.05) is 11.0 Å². The van der Waals surface area contributed by atoms with Crippen LogP contribution in [0.5, 0.6) is 0 Å². The van der Waals surface area contributed by atoms with E-state index in [2.05, 4.69) is 41.4 Å². The smallest absolute Gasteiger partial charge is 0.324 e. The highest BCUT2D eigenvalue weighted by molar-refractivity contribution is 5.98. The second kappa shape index (κ2) is 9.68. The summed E-state index contributed by atoms with van der Waals surface area (Å²) in [6, 6.07) is 10.1. The van der Waals surface area contributed by atoms with Crippen molar-refractivity contribution in [3.05, 3.63) is 35.9 Å². The topological polar surface area (TPSA) is 73.0 Å². The van der Waals surface area contributed by atoms with E-state index in [1.54, 1.807) is 0 Å². The van der Waals surface area contributed by atoms with Crippen LogP contribution in [-0.2, 0) is 16.1 Å². The molecule has 1 atom stereocenters. The van der Waals surface area contributed by atoms with Crippen molar-refractivity contribution in [2.24, 2.45) is 0 Å². The van der Waals surface area contributed by atoms with Crippen molar-refractivity contribution < 1.29 is 14.4 Å². The Labute approximate surface area is 166 Å². The molecule has 2 fully saturated rings. The van der Waals surface area contributed by atoms with Gasteiger partial charge in [-0.3, -0.25) is 19.8 Å². The van der Waals surface area contributed by atoms with Crippen molar-refractivity contribution in [3.8, 4) is 0 Å². The fourth-order valence-corrected chi connectivity index (χ4v) is 4.03. The number of nitrogens with one attached hydrogen (secondary N) is 1. The summed E-state index contributed by atoms with van der Waals surface area (Å²) >= 11 is 0. The summed E-state index contributed by atoms with van der Waals surface area (Å²) in [6.45, 7) is 5.88. The lowest BCUT2D eigenvalue weighted by atomic mass is 10.0. The standard InChI is InChI=1S/C21H30N4O3/c1-2-11-25(20(27)16-24-13-10-19(26)22-21(24)28)18-9-6-12-23(15-18)14-17-7-4-3-5-8-17/h3-5,7-8,18H,2,6,9-16H2,1H3,(H,22,26,28). The Morgan fingerprint density at radius 1 is 1.21 bits per heavy atom. The van der Waals surface area contributed by atoms with Gasteiger partial charge >= 0.3 is 6.03 Å². The summed E-state index contributed by atoms with van der Waals surface area (Å²) in [5.74, 6) is -0.305. The Bertz CT molecular complexity index is 694. The summed E-state index contributed by atoms with van der Waals surface area (Å²) in [6.07, 6.45) is 3.18. The third-order valence-electron chi connectivity index (χ3n) is 5.42. The second-order valence-electron chi connectivity index (χ2n) is 7.63. The van der Waals surface area contributed by atoms with Crippen LogP contribution in [0, 0.1) is 0 Å². The SMILES string of the molecule is CCCN(C(=O)CN1CCC(=O)NC1=O)C1CCCN(Cc2ccccc2)C1. The van der Waals surface area contributed by atoms with Gasteiger partial charge in [0, 0.05) is 38.6 Å². The Hall–Kier alpha value is -2.41. The van der Waals surface area contributed by atoms with Crippen LogP contribution in [0.4, 0.5) is 4.79 Å². The van der Waals surface area contributed by atoms with Crippen molar-refractivity contribution in [2.75, 3.05) is 32.7 Å². The van der Waals surface area contributed by atoms with Gasteiger partial charge in [0.1, 0.15) is 6.54 Å². The lowest BCUT2D eigenvalue weighted by Gasteiger charge is -2.40. The number of urea groups is 1. The maximum atomic E-state index is 13.0. The van der Waals surface area contributed by atoms with Crippen LogP contribution >= 0.6 is 0 Å². The molecule has 152 valence electrons. The molecule has 28 heavy (non-hydrogen) atoms. The maximum Gasteiger partial charge on any atom is 0.324 e. The molecule has 2 saturated heterocycles. The zero-order valence-electron chi connectivity index (χ0n) is 16.6. The van der Waals surface area contributed by atoms with Crippen LogP contribution in [0.25, 0.3) is 0 Å². The first kappa shape index (κ1) is 20.3. The highest BCUT2D eigenvalue weighted by Gasteiger charge is 2.31. The van der Waals surface area contributed by atoms with Crippen LogP contribution in [0.3, 0.4) is 0 Å². The van der Waals surface area contributed by atoms with E-state index in [1.165, 1.54) is 10.5 Å². The van der Waals surface area contributed by atoms with Crippen molar-refractivity contribution in [1.82, 2.24) is 20.0 Å². The van der Waals surface area contributed by atoms with Gasteiger partial charge in [0.05, 0.1) is 0 Å². The summed E-state index contributed by atoms with van der Waals surface area (Å²) < 4.78 is 0. The molecule has 7 nitrogen and oxygen atoms in total. The first-order valence-corrected chi connectivity index (χ1v) is 10.2. The van der Waals surface area contributed by atoms with Gasteiger partial charge in [-0.05, 0) is 31.4 Å². The number of hydrogen-bond donors (Lipinski definition) is 1. The third kappa shape index (κ3) is 5.32. The predicted octanol–water partition coefficient (Wildman–Crippen LogP) is 1.83. The molecule has 0 saturated carbocycles. The van der Waals surface area contributed by atoms with Crippen molar-refractivity contribution in [3.63, 3.8) is 0 Å². The van der Waals surface area contributed by atoms with Gasteiger partial charge < -0.3 is 9.80 Å². The van der Waals surface area contributed by atoms with Gasteiger partial charge in [-0.25, -0.2) is 4.79 Å². The average Bonchev–Trinajstić information content (AvgIpc) is 2.69. The molecule has 0 spiro atoms. The Morgan fingerprint density at radius 3 is 2.71 bits per heavy atom. The van der Waals surface area contributed by atoms with E-state index in [4.69, 9.17) is 0 Å². The number of amides is 4. The van der Waals surface area contributed by atoms with Crippen LogP contribution in [0.15, 0.2) is 30.3 Å². The number of likely N-dealkylation sites (tertiary alicyclic amines) is 1. The molecule has 2 heterocycles. The Balaban J connectivity index is 1.61. The molecular formula is C21H30N4O3. The van der Waals surface area contributed by atoms with Crippen molar-refractivity contribution >= 4 is 17.8 Å². The minimum Gasteiger partial charge on any atom is -0.337 e. The predicted molar refractivity (Wildman–Crippen MR) is 106 cm³/mol. The van der Waals surface area contributed by atoms with Gasteiger partial charge in [-0.15, -0.1) is 0 Å². The average molecular weight is 386 g/mol. The normalized spacial score (nSPS) is 20.8. The molecule has 1 aromatic rings. The number of carbonyl (C=O) groups is 3. The summed E-state index contributed by atoms with van der Waals surface area (Å²) in [7, 11) is 0. The number of rotatable bonds is 7. The molecule has 0 aromatic heterocycles. The first-order valence-electron chi connectivity index (χ1n) is 10.2. The van der Waals surface area contributed by atoms with E-state index >= 15 is 0 Å². The van der Waals surface area contributed by atoms with Gasteiger partial charge in [0.2, 0.25) is 11.8 Å². The minimum absolute atomic E-state index is 0.0297. The highest BCUT2D eigenvalue weighted by atomic mass is 16.2. The lowest BCUT2D eigenvalue weighted by molar-refractivity contribution is -0.136. The zero-order valence-corrected chi connectivity index (χ0v) is 16.6. The number of imide groups is 1. The van der Waals surface area contributed by atoms with Crippen LogP contribution in [0.2, 0.25) is 0 Å². The van der Waals surface area contributed by atoms with E-state index in [-0.39, 0.29) is 30.8 Å². The molecule has 1 N–H and O–H groups in total. The fourth-order valence-electron chi connectivity index (χ4n) is 4.03. The van der Waals surface area contributed by atoms with E-state index < -0.39 is 6.03 Å². The summed E-state index contributed by atoms with van der Waals surface area (Å²) in [4.78, 5) is 42.1. The second-order valence-corrected chi connectivity index (χ2v) is 7.63. The number of nitrogens with zero attached hydrogens (tertiary/aromatic N) is 3. The molecule has 3 rings (SSSR count). The quantitative estimate of drug-likeness (QED) is 0.776. The highest BCUT2D eigenvalue weighted by Crippen LogP contribution is 2.19. The number of piperidine rings is 1. The summed E-state index contributed by atoms with van der Waals surface area (Å²) in [5, 5.41) is 2.29. The third-order valence-corrected chi connectivity index (χ3v) is 5.42. The Kier molecular flexibility index (Phi) is 7.03. The van der Waals surface area contributed by atoms with Crippen molar-refractivity contribution in [2.45, 2.75) is 45.2 Å². The molecule has 7 heteroatoms. The lowest BCUT2D eigenvalue weighted by Crippen LogP contribution is -2.56. The molecule has 2 aliphatic rings. The monoisotopic (exact) mass is 386 g/mol. The van der Waals surface area contributed by atoms with Crippen LogP contribution in [0.1, 0.15) is 38.2 Å². The molecule has 0 bridgehead atoms.